The molecule has 0 saturated carbocycles. The predicted molar refractivity (Wildman–Crippen MR) is 186 cm³/mol. The van der Waals surface area contributed by atoms with Gasteiger partial charge in [0, 0.05) is 27.7 Å². The van der Waals surface area contributed by atoms with Gasteiger partial charge in [0.1, 0.15) is 11.5 Å². The van der Waals surface area contributed by atoms with Crippen molar-refractivity contribution in [3.63, 3.8) is 0 Å². The van der Waals surface area contributed by atoms with Crippen molar-refractivity contribution in [2.24, 2.45) is 0 Å². The number of hydrogen-bond donors (Lipinski definition) is 1. The summed E-state index contributed by atoms with van der Waals surface area (Å²) in [6.07, 6.45) is 1.68. The minimum atomic E-state index is -4.65. The van der Waals surface area contributed by atoms with Crippen molar-refractivity contribution >= 4 is 29.4 Å². The van der Waals surface area contributed by atoms with Crippen LogP contribution in [-0.2, 0) is 20.8 Å². The number of phosphoric acid groups is 1. The van der Waals surface area contributed by atoms with Crippen molar-refractivity contribution in [2.45, 2.75) is 56.8 Å². The zero-order chi connectivity index (χ0) is 31.6. The Kier molecular flexibility index (Phi) is 5.53. The molecule has 0 radical (unpaired) electrons. The van der Waals surface area contributed by atoms with Crippen molar-refractivity contribution < 1.29 is 18.5 Å². The van der Waals surface area contributed by atoms with Crippen LogP contribution < -0.4 is 9.05 Å². The maximum absolute atomic E-state index is 14.3. The van der Waals surface area contributed by atoms with E-state index >= 15 is 0 Å². The van der Waals surface area contributed by atoms with E-state index in [9.17, 15) is 9.46 Å². The molecule has 9 rings (SSSR count). The summed E-state index contributed by atoms with van der Waals surface area (Å²) in [5.74, 6) is 0.935. The van der Waals surface area contributed by atoms with Crippen molar-refractivity contribution in [1.82, 2.24) is 0 Å². The van der Waals surface area contributed by atoms with Crippen LogP contribution in [0.25, 0.3) is 43.8 Å². The summed E-state index contributed by atoms with van der Waals surface area (Å²) in [6.45, 7) is 9.15. The third kappa shape index (κ3) is 3.81. The van der Waals surface area contributed by atoms with Gasteiger partial charge in [-0.05, 0) is 73.5 Å². The first-order valence-electron chi connectivity index (χ1n) is 16.0. The van der Waals surface area contributed by atoms with E-state index in [1.165, 1.54) is 11.1 Å². The normalized spacial score (nSPS) is 23.2. The lowest BCUT2D eigenvalue weighted by Gasteiger charge is -2.35. The largest absolute Gasteiger partial charge is 0.584 e. The average Bonchev–Trinajstić information content (AvgIpc) is 3.39. The van der Waals surface area contributed by atoms with Crippen LogP contribution in [0.5, 0.6) is 11.5 Å². The third-order valence-electron chi connectivity index (χ3n) is 10.8. The highest BCUT2D eigenvalue weighted by Gasteiger charge is 2.61. The van der Waals surface area contributed by atoms with Gasteiger partial charge in [0.05, 0.1) is 0 Å². The average molecular weight is 623 g/mol. The summed E-state index contributed by atoms with van der Waals surface area (Å²) in [6, 6.07) is 37.6. The van der Waals surface area contributed by atoms with Gasteiger partial charge in [-0.15, -0.1) is 0 Å². The Morgan fingerprint density at radius 1 is 0.587 bits per heavy atom. The molecule has 1 aliphatic heterocycles. The maximum Gasteiger partial charge on any atom is 0.584 e. The SMILES string of the molecule is CC1(C)C[C@@]23CC(C)(C)c4ccc(-c5cccc6ccccc56)c(c42)OP(=O)(O)Oc2c(-c4ccc5ccccc5c4)ccc1c23. The van der Waals surface area contributed by atoms with Crippen LogP contribution in [0.1, 0.15) is 62.8 Å². The Labute approximate surface area is 269 Å². The molecule has 2 aliphatic carbocycles. The second-order valence-electron chi connectivity index (χ2n) is 14.7. The van der Waals surface area contributed by atoms with E-state index in [4.69, 9.17) is 9.05 Å². The van der Waals surface area contributed by atoms with E-state index < -0.39 is 13.2 Å². The second kappa shape index (κ2) is 9.12. The van der Waals surface area contributed by atoms with Crippen molar-refractivity contribution in [1.29, 1.82) is 0 Å². The highest BCUT2D eigenvalue weighted by Crippen LogP contribution is 2.71. The van der Waals surface area contributed by atoms with E-state index in [0.717, 1.165) is 67.8 Å². The fourth-order valence-corrected chi connectivity index (χ4v) is 10.1. The molecule has 1 heterocycles. The Hall–Kier alpha value is -4.37. The molecule has 6 aromatic rings. The third-order valence-corrected chi connectivity index (χ3v) is 11.6. The van der Waals surface area contributed by atoms with Gasteiger partial charge in [-0.2, -0.15) is 0 Å². The number of benzene rings is 6. The van der Waals surface area contributed by atoms with Gasteiger partial charge in [0.2, 0.25) is 0 Å². The molecular formula is C41H35O4P. The standard InChI is InChI=1S/C41H35O4P/c1-39(2)23-41-24-40(3,4)34-21-19-32(31-15-9-13-26-11-7-8-14-29(26)31)38(36(34)41)45-46(42,43)44-37-30(18-20-33(39)35(37)41)28-17-16-25-10-5-6-12-27(25)22-28/h5-22H,23-24H2,1-4H3,(H,42,43)/t41-/m0/s1. The molecule has 1 N–H and O–H groups in total. The summed E-state index contributed by atoms with van der Waals surface area (Å²) in [7, 11) is -4.65. The molecule has 0 bridgehead atoms. The second-order valence-corrected chi connectivity index (χ2v) is 16.0. The molecule has 0 amide bonds. The molecule has 0 fully saturated rings. The Bertz CT molecular complexity index is 2320. The van der Waals surface area contributed by atoms with E-state index in [1.807, 2.05) is 30.3 Å². The van der Waals surface area contributed by atoms with Crippen LogP contribution in [0.3, 0.4) is 0 Å². The van der Waals surface area contributed by atoms with Gasteiger partial charge in [-0.25, -0.2) is 4.57 Å². The summed E-state index contributed by atoms with van der Waals surface area (Å²) in [4.78, 5) is 11.7. The zero-order valence-electron chi connectivity index (χ0n) is 26.4. The van der Waals surface area contributed by atoms with E-state index in [0.29, 0.717) is 11.5 Å². The minimum absolute atomic E-state index is 0.205. The molecule has 228 valence electrons. The maximum atomic E-state index is 14.3. The van der Waals surface area contributed by atoms with Gasteiger partial charge in [0.15, 0.2) is 0 Å². The molecule has 0 saturated heterocycles. The number of phosphoric ester groups is 1. The lowest BCUT2D eigenvalue weighted by molar-refractivity contribution is 0.276. The molecular weight excluding hydrogens is 587 g/mol. The van der Waals surface area contributed by atoms with Crippen LogP contribution in [0.4, 0.5) is 0 Å². The van der Waals surface area contributed by atoms with Gasteiger partial charge in [-0.3, -0.25) is 4.89 Å². The molecule has 1 unspecified atom stereocenters. The van der Waals surface area contributed by atoms with Gasteiger partial charge in [0.25, 0.3) is 0 Å². The molecule has 2 atom stereocenters. The van der Waals surface area contributed by atoms with E-state index in [2.05, 4.69) is 107 Å². The monoisotopic (exact) mass is 622 g/mol. The summed E-state index contributed by atoms with van der Waals surface area (Å²) in [5.41, 5.74) is 7.04. The molecule has 6 aromatic carbocycles. The van der Waals surface area contributed by atoms with Crippen molar-refractivity contribution in [3.05, 3.63) is 131 Å². The van der Waals surface area contributed by atoms with Crippen LogP contribution in [0, 0.1) is 0 Å². The summed E-state index contributed by atoms with van der Waals surface area (Å²) < 4.78 is 27.0. The van der Waals surface area contributed by atoms with Gasteiger partial charge >= 0.3 is 7.82 Å². The quantitative estimate of drug-likeness (QED) is 0.195. The van der Waals surface area contributed by atoms with E-state index in [1.54, 1.807) is 0 Å². The highest BCUT2D eigenvalue weighted by atomic mass is 31.2. The lowest BCUT2D eigenvalue weighted by atomic mass is 9.71. The zero-order valence-corrected chi connectivity index (χ0v) is 27.3. The molecule has 46 heavy (non-hydrogen) atoms. The van der Waals surface area contributed by atoms with Crippen molar-refractivity contribution in [2.75, 3.05) is 0 Å². The predicted octanol–water partition coefficient (Wildman–Crippen LogP) is 10.8. The highest BCUT2D eigenvalue weighted by molar-refractivity contribution is 7.48. The number of fused-ring (bicyclic) bond motifs is 2. The Morgan fingerprint density at radius 3 is 1.85 bits per heavy atom. The molecule has 1 spiro atoms. The lowest BCUT2D eigenvalue weighted by Crippen LogP contribution is -2.29. The van der Waals surface area contributed by atoms with Crippen LogP contribution in [-0.4, -0.2) is 4.89 Å². The molecule has 5 heteroatoms. The van der Waals surface area contributed by atoms with Gasteiger partial charge < -0.3 is 9.05 Å². The topological polar surface area (TPSA) is 55.8 Å². The van der Waals surface area contributed by atoms with Crippen LogP contribution in [0.15, 0.2) is 109 Å². The first-order chi connectivity index (χ1) is 22.0. The van der Waals surface area contributed by atoms with Crippen molar-refractivity contribution in [3.8, 4) is 33.8 Å². The first-order valence-corrected chi connectivity index (χ1v) is 17.5. The summed E-state index contributed by atoms with van der Waals surface area (Å²) in [5, 5.41) is 4.41. The summed E-state index contributed by atoms with van der Waals surface area (Å²) >= 11 is 0. The molecule has 0 aromatic heterocycles. The number of hydrogen-bond acceptors (Lipinski definition) is 3. The first kappa shape index (κ1) is 27.9. The van der Waals surface area contributed by atoms with Crippen LogP contribution in [0.2, 0.25) is 0 Å². The Morgan fingerprint density at radius 2 is 1.15 bits per heavy atom. The van der Waals surface area contributed by atoms with Crippen LogP contribution >= 0.6 is 7.82 Å². The fourth-order valence-electron chi connectivity index (χ4n) is 9.18. The smallest absolute Gasteiger partial charge is 0.394 e. The fraction of sp³-hybridized carbons (Fsp3) is 0.220. The Balaban J connectivity index is 1.39. The molecule has 4 nitrogen and oxygen atoms in total. The van der Waals surface area contributed by atoms with E-state index in [-0.39, 0.29) is 10.8 Å². The minimum Gasteiger partial charge on any atom is -0.394 e. The number of rotatable bonds is 2. The van der Waals surface area contributed by atoms with Gasteiger partial charge in [-0.1, -0.05) is 131 Å². The molecule has 3 aliphatic rings.